The summed E-state index contributed by atoms with van der Waals surface area (Å²) < 4.78 is 48.1. The van der Waals surface area contributed by atoms with Gasteiger partial charge in [0.25, 0.3) is 0 Å². The van der Waals surface area contributed by atoms with Gasteiger partial charge in [-0.15, -0.1) is 0 Å². The second-order valence-corrected chi connectivity index (χ2v) is 14.5. The second-order valence-electron chi connectivity index (χ2n) is 14.5. The molecule has 14 heteroatoms. The van der Waals surface area contributed by atoms with Gasteiger partial charge in [0, 0.05) is 7.11 Å². The molecule has 1 aliphatic heterocycles. The van der Waals surface area contributed by atoms with Crippen LogP contribution < -0.4 is 9.47 Å². The van der Waals surface area contributed by atoms with Crippen LogP contribution in [0.25, 0.3) is 0 Å². The zero-order valence-electron chi connectivity index (χ0n) is 34.2. The zero-order chi connectivity index (χ0) is 44.1. The molecule has 1 fully saturated rings. The molecule has 63 heavy (non-hydrogen) atoms. The number of carbonyl (C=O) groups is 2. The fraction of sp³-hybridized carbons (Fsp3) is 0.224. The minimum Gasteiger partial charge on any atom is -0.504 e. The number of ether oxygens (including phenoxy) is 8. The van der Waals surface area contributed by atoms with Crippen molar-refractivity contribution in [3.8, 4) is 34.5 Å². The summed E-state index contributed by atoms with van der Waals surface area (Å²) in [4.78, 5) is 27.6. The van der Waals surface area contributed by atoms with E-state index >= 15 is 0 Å². The highest BCUT2D eigenvalue weighted by atomic mass is 16.7. The average molecular weight is 859 g/mol. The highest BCUT2D eigenvalue weighted by Gasteiger charge is 2.50. The van der Waals surface area contributed by atoms with Crippen molar-refractivity contribution < 1.29 is 67.9 Å². The van der Waals surface area contributed by atoms with Gasteiger partial charge in [0.05, 0.1) is 24.3 Å². The summed E-state index contributed by atoms with van der Waals surface area (Å²) >= 11 is 0. The Morgan fingerprint density at radius 2 is 0.889 bits per heavy atom. The van der Waals surface area contributed by atoms with Crippen molar-refractivity contribution in [2.75, 3.05) is 13.7 Å². The van der Waals surface area contributed by atoms with E-state index in [0.717, 1.165) is 46.5 Å². The largest absolute Gasteiger partial charge is 0.504 e. The molecule has 6 aromatic carbocycles. The van der Waals surface area contributed by atoms with E-state index in [0.29, 0.717) is 0 Å². The molecule has 4 N–H and O–H groups in total. The van der Waals surface area contributed by atoms with E-state index in [-0.39, 0.29) is 49.1 Å². The summed E-state index contributed by atoms with van der Waals surface area (Å²) in [5.74, 6) is -4.50. The van der Waals surface area contributed by atoms with Crippen molar-refractivity contribution >= 4 is 11.9 Å². The topological polar surface area (TPSA) is 189 Å². The van der Waals surface area contributed by atoms with Crippen LogP contribution in [-0.2, 0) is 54.8 Å². The van der Waals surface area contributed by atoms with Crippen LogP contribution in [0.1, 0.15) is 43.0 Å². The summed E-state index contributed by atoms with van der Waals surface area (Å²) in [5.41, 5.74) is 2.71. The first-order chi connectivity index (χ1) is 30.7. The molecule has 7 rings (SSSR count). The first kappa shape index (κ1) is 44.0. The van der Waals surface area contributed by atoms with Crippen LogP contribution >= 0.6 is 0 Å². The lowest BCUT2D eigenvalue weighted by atomic mass is 9.97. The molecule has 0 radical (unpaired) electrons. The average Bonchev–Trinajstić information content (AvgIpc) is 3.30. The Labute approximate surface area is 363 Å². The van der Waals surface area contributed by atoms with Crippen LogP contribution in [-0.4, -0.2) is 76.8 Å². The summed E-state index contributed by atoms with van der Waals surface area (Å²) in [6, 6.07) is 41.1. The first-order valence-corrected chi connectivity index (χ1v) is 20.0. The lowest BCUT2D eigenvalue weighted by Crippen LogP contribution is -2.62. The maximum atomic E-state index is 14.1. The lowest BCUT2D eigenvalue weighted by Gasteiger charge is -2.44. The molecule has 0 bridgehead atoms. The molecule has 1 heterocycles. The van der Waals surface area contributed by atoms with E-state index in [1.165, 1.54) is 7.11 Å². The van der Waals surface area contributed by atoms with Gasteiger partial charge in [0.2, 0.25) is 11.5 Å². The first-order valence-electron chi connectivity index (χ1n) is 20.0. The molecule has 0 amide bonds. The number of hydrogen-bond acceptors (Lipinski definition) is 14. The summed E-state index contributed by atoms with van der Waals surface area (Å²) in [6.07, 6.45) is -5.96. The SMILES string of the molecule is CO[C@H]1O[C@@H](COC(=O)c2cc(O)c(OCc3ccccc3)c(O)c2)[C@@H](OC(=O)c2cc(O)c(OCc3ccccc3)c(O)c2)[C@H](OCc2ccccc2)[C@H]1OCc1ccccc1. The molecule has 0 aliphatic carbocycles. The fourth-order valence-corrected chi connectivity index (χ4v) is 6.86. The molecular formula is C49H46O14. The molecular weight excluding hydrogens is 813 g/mol. The van der Waals surface area contributed by atoms with Gasteiger partial charge in [-0.05, 0) is 46.5 Å². The highest BCUT2D eigenvalue weighted by Crippen LogP contribution is 2.40. The normalized spacial score (nSPS) is 18.3. The van der Waals surface area contributed by atoms with E-state index < -0.39 is 72.2 Å². The van der Waals surface area contributed by atoms with E-state index in [9.17, 15) is 30.0 Å². The number of phenols is 4. The van der Waals surface area contributed by atoms with Crippen molar-refractivity contribution in [2.24, 2.45) is 0 Å². The molecule has 326 valence electrons. The monoisotopic (exact) mass is 858 g/mol. The third kappa shape index (κ3) is 11.4. The fourth-order valence-electron chi connectivity index (χ4n) is 6.86. The Kier molecular flexibility index (Phi) is 14.7. The summed E-state index contributed by atoms with van der Waals surface area (Å²) in [6.45, 7) is -0.364. The van der Waals surface area contributed by atoms with E-state index in [4.69, 9.17) is 37.9 Å². The Hall–Kier alpha value is -7.10. The van der Waals surface area contributed by atoms with E-state index in [1.54, 1.807) is 0 Å². The van der Waals surface area contributed by atoms with Crippen LogP contribution in [0.2, 0.25) is 0 Å². The van der Waals surface area contributed by atoms with Crippen molar-refractivity contribution in [1.82, 2.24) is 0 Å². The summed E-state index contributed by atoms with van der Waals surface area (Å²) in [7, 11) is 1.40. The number of benzene rings is 6. The van der Waals surface area contributed by atoms with Crippen molar-refractivity contribution in [2.45, 2.75) is 57.1 Å². The zero-order valence-corrected chi connectivity index (χ0v) is 34.2. The van der Waals surface area contributed by atoms with Crippen molar-refractivity contribution in [3.63, 3.8) is 0 Å². The molecule has 5 atom stereocenters. The maximum absolute atomic E-state index is 14.1. The molecule has 14 nitrogen and oxygen atoms in total. The number of esters is 2. The van der Waals surface area contributed by atoms with Crippen LogP contribution in [0.5, 0.6) is 34.5 Å². The van der Waals surface area contributed by atoms with Crippen molar-refractivity contribution in [3.05, 3.63) is 179 Å². The molecule has 0 unspecified atom stereocenters. The second kappa shape index (κ2) is 21.1. The van der Waals surface area contributed by atoms with Gasteiger partial charge in [0.15, 0.2) is 35.4 Å². The smallest absolute Gasteiger partial charge is 0.338 e. The van der Waals surface area contributed by atoms with Gasteiger partial charge in [-0.2, -0.15) is 0 Å². The van der Waals surface area contributed by atoms with Gasteiger partial charge >= 0.3 is 11.9 Å². The number of hydrogen-bond donors (Lipinski definition) is 4. The summed E-state index contributed by atoms with van der Waals surface area (Å²) in [5, 5.41) is 43.3. The minimum atomic E-state index is -1.38. The van der Waals surface area contributed by atoms with Crippen LogP contribution in [0.15, 0.2) is 146 Å². The Morgan fingerprint density at radius 3 is 1.30 bits per heavy atom. The molecule has 0 saturated carbocycles. The highest BCUT2D eigenvalue weighted by molar-refractivity contribution is 5.92. The number of aromatic hydroxyl groups is 4. The minimum absolute atomic E-state index is 0.0277. The number of phenolic OH excluding ortho intramolecular Hbond substituents is 4. The van der Waals surface area contributed by atoms with Crippen molar-refractivity contribution in [1.29, 1.82) is 0 Å². The third-order valence-corrected chi connectivity index (χ3v) is 10.0. The van der Waals surface area contributed by atoms with Gasteiger partial charge in [-0.1, -0.05) is 121 Å². The van der Waals surface area contributed by atoms with Crippen LogP contribution in [0.4, 0.5) is 0 Å². The Bertz CT molecular complexity index is 2370. The molecule has 0 aromatic heterocycles. The van der Waals surface area contributed by atoms with E-state index in [2.05, 4.69) is 0 Å². The number of methoxy groups -OCH3 is 1. The van der Waals surface area contributed by atoms with Gasteiger partial charge in [-0.3, -0.25) is 0 Å². The van der Waals surface area contributed by atoms with Crippen LogP contribution in [0, 0.1) is 0 Å². The van der Waals surface area contributed by atoms with Gasteiger partial charge < -0.3 is 58.3 Å². The number of rotatable bonds is 18. The Balaban J connectivity index is 1.15. The van der Waals surface area contributed by atoms with E-state index in [1.807, 2.05) is 121 Å². The van der Waals surface area contributed by atoms with Gasteiger partial charge in [-0.25, -0.2) is 9.59 Å². The third-order valence-electron chi connectivity index (χ3n) is 10.0. The molecule has 6 aromatic rings. The van der Waals surface area contributed by atoms with Crippen LogP contribution in [0.3, 0.4) is 0 Å². The molecule has 1 saturated heterocycles. The standard InChI is InChI=1S/C49H46O14/c1-56-49-46(60-29-34-20-12-5-13-21-34)45(59-28-33-18-10-4-11-19-33)44(63-48(55)36-24-39(52)43(40(53)25-36)58-27-32-16-8-3-9-17-32)41(62-49)30-61-47(54)35-22-37(50)42(38(51)23-35)57-26-31-14-6-2-7-15-31/h2-25,41,44-46,49-53H,26-30H2,1H3/t41-,44+,45-,46+,49-/m0/s1. The molecule has 1 aliphatic rings. The molecule has 0 spiro atoms. The number of carbonyl (C=O) groups excluding carboxylic acids is 2. The van der Waals surface area contributed by atoms with Gasteiger partial charge in [0.1, 0.15) is 38.1 Å². The Morgan fingerprint density at radius 1 is 0.508 bits per heavy atom. The predicted molar refractivity (Wildman–Crippen MR) is 226 cm³/mol. The maximum Gasteiger partial charge on any atom is 0.338 e. The lowest BCUT2D eigenvalue weighted by molar-refractivity contribution is -0.313. The quantitative estimate of drug-likeness (QED) is 0.0619. The predicted octanol–water partition coefficient (Wildman–Crippen LogP) is 7.59.